The van der Waals surface area contributed by atoms with Crippen LogP contribution in [0.4, 0.5) is 0 Å². The summed E-state index contributed by atoms with van der Waals surface area (Å²) in [6.07, 6.45) is 0.667. The molecule has 0 heterocycles. The molecular formula is C23H36O6. The number of hydrogen-bond donors (Lipinski definition) is 0. The van der Waals surface area contributed by atoms with E-state index in [-0.39, 0.29) is 68.8 Å². The van der Waals surface area contributed by atoms with Gasteiger partial charge in [-0.3, -0.25) is 28.8 Å². The molecule has 0 fully saturated rings. The molecule has 29 heavy (non-hydrogen) atoms. The Hall–Kier alpha value is -2.76. The number of benzene rings is 1. The molecule has 1 aromatic carbocycles. The molecule has 0 atom stereocenters. The zero-order chi connectivity index (χ0) is 21.4. The van der Waals surface area contributed by atoms with Crippen molar-refractivity contribution in [3.05, 3.63) is 35.9 Å². The fraction of sp³-hybridized carbons (Fsp3) is 0.478. The molecule has 0 aliphatic rings. The van der Waals surface area contributed by atoms with Gasteiger partial charge in [-0.15, -0.1) is 0 Å². The lowest BCUT2D eigenvalue weighted by molar-refractivity contribution is -0.126. The molecule has 0 saturated carbocycles. The van der Waals surface area contributed by atoms with Crippen LogP contribution in [0.5, 0.6) is 0 Å². The highest BCUT2D eigenvalue weighted by atomic mass is 16.2. The summed E-state index contributed by atoms with van der Waals surface area (Å²) < 4.78 is 0. The molecular weight excluding hydrogens is 372 g/mol. The molecule has 0 aliphatic carbocycles. The van der Waals surface area contributed by atoms with Crippen molar-refractivity contribution < 1.29 is 28.8 Å². The predicted octanol–water partition coefficient (Wildman–Crippen LogP) is 4.62. The maximum Gasteiger partial charge on any atom is 0.170 e. The Balaban J connectivity index is -0.000000164. The van der Waals surface area contributed by atoms with E-state index in [0.29, 0.717) is 12.0 Å². The standard InChI is InChI=1S/C10H10O2.C6H10O2.C5H8O2.2CH4/c1-8(11)7-10(12)9-5-3-2-4-6-9;1-3-6(8)4-5(2)7;1-4(6)3-5(2)7;;/h2-6H,7H2,1H3;3-4H2,1-2H3;3H2,1-2H3;2*1H4. The van der Waals surface area contributed by atoms with Crippen molar-refractivity contribution in [1.29, 1.82) is 0 Å². The number of carbonyl (C=O) groups excluding carboxylic acids is 6. The van der Waals surface area contributed by atoms with Crippen LogP contribution in [0.2, 0.25) is 0 Å². The van der Waals surface area contributed by atoms with Gasteiger partial charge in [-0.1, -0.05) is 52.1 Å². The summed E-state index contributed by atoms with van der Waals surface area (Å²) >= 11 is 0. The second-order valence-corrected chi connectivity index (χ2v) is 6.02. The molecule has 1 rings (SSSR count). The SMILES string of the molecule is C.C.CC(=O)CC(=O)c1ccccc1.CC(=O)CC(C)=O.CCC(=O)CC(C)=O. The number of ketones is 6. The number of rotatable bonds is 8. The second kappa shape index (κ2) is 20.0. The molecule has 1 aromatic rings. The van der Waals surface area contributed by atoms with Crippen LogP contribution in [0.15, 0.2) is 30.3 Å². The normalized spacial score (nSPS) is 8.31. The Morgan fingerprint density at radius 3 is 1.24 bits per heavy atom. The van der Waals surface area contributed by atoms with Crippen molar-refractivity contribution in [2.75, 3.05) is 0 Å². The van der Waals surface area contributed by atoms with Crippen LogP contribution in [-0.4, -0.2) is 34.7 Å². The molecule has 6 nitrogen and oxygen atoms in total. The first-order valence-corrected chi connectivity index (χ1v) is 8.57. The van der Waals surface area contributed by atoms with E-state index in [1.165, 1.54) is 27.7 Å². The van der Waals surface area contributed by atoms with Crippen LogP contribution >= 0.6 is 0 Å². The first-order valence-electron chi connectivity index (χ1n) is 8.57. The summed E-state index contributed by atoms with van der Waals surface area (Å²) in [5, 5.41) is 0. The zero-order valence-electron chi connectivity index (χ0n) is 16.7. The first-order chi connectivity index (χ1) is 12.5. The van der Waals surface area contributed by atoms with Crippen molar-refractivity contribution in [2.45, 2.75) is 75.2 Å². The van der Waals surface area contributed by atoms with Gasteiger partial charge in [0.05, 0.1) is 19.3 Å². The van der Waals surface area contributed by atoms with Crippen LogP contribution in [0.1, 0.15) is 85.5 Å². The van der Waals surface area contributed by atoms with E-state index in [1.54, 1.807) is 31.2 Å². The third-order valence-electron chi connectivity index (χ3n) is 2.84. The maximum absolute atomic E-state index is 11.2. The molecule has 0 aliphatic heterocycles. The molecule has 0 N–H and O–H groups in total. The van der Waals surface area contributed by atoms with Gasteiger partial charge >= 0.3 is 0 Å². The number of Topliss-reactive ketones (excluding diaryl/α,β-unsaturated/α-hetero) is 6. The van der Waals surface area contributed by atoms with Crippen molar-refractivity contribution in [2.24, 2.45) is 0 Å². The van der Waals surface area contributed by atoms with E-state index >= 15 is 0 Å². The van der Waals surface area contributed by atoms with Gasteiger partial charge in [0.2, 0.25) is 0 Å². The Kier molecular flexibility index (Phi) is 23.3. The van der Waals surface area contributed by atoms with Gasteiger partial charge in [-0.2, -0.15) is 0 Å². The van der Waals surface area contributed by atoms with Gasteiger partial charge < -0.3 is 0 Å². The van der Waals surface area contributed by atoms with Crippen LogP contribution in [0.25, 0.3) is 0 Å². The molecule has 0 radical (unpaired) electrons. The van der Waals surface area contributed by atoms with Crippen LogP contribution in [0.3, 0.4) is 0 Å². The van der Waals surface area contributed by atoms with Crippen LogP contribution < -0.4 is 0 Å². The van der Waals surface area contributed by atoms with Crippen molar-refractivity contribution >= 4 is 34.7 Å². The lowest BCUT2D eigenvalue weighted by Gasteiger charge is -1.95. The highest BCUT2D eigenvalue weighted by Gasteiger charge is 2.06. The fourth-order valence-corrected chi connectivity index (χ4v) is 1.71. The minimum atomic E-state index is -0.108. The minimum Gasteiger partial charge on any atom is -0.300 e. The predicted molar refractivity (Wildman–Crippen MR) is 116 cm³/mol. The molecule has 0 saturated heterocycles. The van der Waals surface area contributed by atoms with E-state index in [1.807, 2.05) is 6.07 Å². The van der Waals surface area contributed by atoms with Crippen LogP contribution in [0, 0.1) is 0 Å². The lowest BCUT2D eigenvalue weighted by Crippen LogP contribution is -2.04. The molecule has 0 bridgehead atoms. The van der Waals surface area contributed by atoms with E-state index in [2.05, 4.69) is 0 Å². The van der Waals surface area contributed by atoms with Gasteiger partial charge in [0.1, 0.15) is 28.9 Å². The van der Waals surface area contributed by atoms with Gasteiger partial charge in [-0.05, 0) is 27.7 Å². The third kappa shape index (κ3) is 25.2. The van der Waals surface area contributed by atoms with Gasteiger partial charge in [0.25, 0.3) is 0 Å². The maximum atomic E-state index is 11.2. The highest BCUT2D eigenvalue weighted by Crippen LogP contribution is 2.02. The summed E-state index contributed by atoms with van der Waals surface area (Å²) in [6, 6.07) is 8.84. The smallest absolute Gasteiger partial charge is 0.170 e. The zero-order valence-corrected chi connectivity index (χ0v) is 16.7. The highest BCUT2D eigenvalue weighted by molar-refractivity contribution is 6.07. The van der Waals surface area contributed by atoms with Crippen LogP contribution in [-0.2, 0) is 24.0 Å². The fourth-order valence-electron chi connectivity index (χ4n) is 1.71. The monoisotopic (exact) mass is 408 g/mol. The van der Waals surface area contributed by atoms with Crippen molar-refractivity contribution in [1.82, 2.24) is 0 Å². The van der Waals surface area contributed by atoms with E-state index in [9.17, 15) is 28.8 Å². The first kappa shape index (κ1) is 33.8. The number of hydrogen-bond acceptors (Lipinski definition) is 6. The Labute approximate surface area is 175 Å². The molecule has 0 aromatic heterocycles. The molecule has 6 heteroatoms. The minimum absolute atomic E-state index is 0. The summed E-state index contributed by atoms with van der Waals surface area (Å²) in [5.41, 5.74) is 0.604. The van der Waals surface area contributed by atoms with E-state index < -0.39 is 0 Å². The summed E-state index contributed by atoms with van der Waals surface area (Å²) in [6.45, 7) is 7.41. The van der Waals surface area contributed by atoms with Gasteiger partial charge in [0.15, 0.2) is 5.78 Å². The topological polar surface area (TPSA) is 102 Å². The Bertz CT molecular complexity index is 647. The average Bonchev–Trinajstić information content (AvgIpc) is 2.54. The lowest BCUT2D eigenvalue weighted by atomic mass is 10.1. The van der Waals surface area contributed by atoms with Gasteiger partial charge in [0, 0.05) is 12.0 Å². The Morgan fingerprint density at radius 1 is 0.621 bits per heavy atom. The van der Waals surface area contributed by atoms with E-state index in [0.717, 1.165) is 0 Å². The third-order valence-corrected chi connectivity index (χ3v) is 2.84. The molecule has 0 unspecified atom stereocenters. The summed E-state index contributed by atoms with van der Waals surface area (Å²) in [5.74, 6) is -0.346. The summed E-state index contributed by atoms with van der Waals surface area (Å²) in [4.78, 5) is 62.5. The quantitative estimate of drug-likeness (QED) is 0.459. The summed E-state index contributed by atoms with van der Waals surface area (Å²) in [7, 11) is 0. The van der Waals surface area contributed by atoms with Crippen molar-refractivity contribution in [3.63, 3.8) is 0 Å². The number of carbonyl (C=O) groups is 6. The largest absolute Gasteiger partial charge is 0.300 e. The van der Waals surface area contributed by atoms with E-state index in [4.69, 9.17) is 0 Å². The molecule has 164 valence electrons. The Morgan fingerprint density at radius 2 is 1.00 bits per heavy atom. The van der Waals surface area contributed by atoms with Gasteiger partial charge in [-0.25, -0.2) is 0 Å². The molecule has 0 spiro atoms. The average molecular weight is 409 g/mol. The van der Waals surface area contributed by atoms with Crippen molar-refractivity contribution in [3.8, 4) is 0 Å². The molecule has 0 amide bonds. The second-order valence-electron chi connectivity index (χ2n) is 6.02.